The molecule has 0 saturated heterocycles. The summed E-state index contributed by atoms with van der Waals surface area (Å²) in [4.78, 5) is 16.3. The monoisotopic (exact) mass is 318 g/mol. The third-order valence-corrected chi connectivity index (χ3v) is 4.37. The number of anilines is 1. The molecule has 6 heteroatoms. The molecule has 2 N–H and O–H groups in total. The van der Waals surface area contributed by atoms with E-state index in [1.807, 2.05) is 19.1 Å². The highest BCUT2D eigenvalue weighted by Crippen LogP contribution is 2.33. The highest BCUT2D eigenvalue weighted by Gasteiger charge is 2.19. The number of aryl methyl sites for hydroxylation is 1. The highest BCUT2D eigenvalue weighted by atomic mass is 35.5. The van der Waals surface area contributed by atoms with E-state index in [9.17, 15) is 4.79 Å². The van der Waals surface area contributed by atoms with E-state index in [1.54, 1.807) is 6.20 Å². The van der Waals surface area contributed by atoms with E-state index in [0.29, 0.717) is 22.5 Å². The molecule has 1 amide bonds. The summed E-state index contributed by atoms with van der Waals surface area (Å²) in [6.07, 6.45) is 6.77. The summed E-state index contributed by atoms with van der Waals surface area (Å²) in [5.41, 5.74) is 2.67. The molecule has 2 heterocycles. The topological polar surface area (TPSA) is 70.7 Å². The SMILES string of the molecule is Cc1cnc(CC(=O)Nc2cc(C3CCCC3)[nH]n2)c(Cl)c1. The van der Waals surface area contributed by atoms with Crippen LogP contribution in [0.3, 0.4) is 0 Å². The van der Waals surface area contributed by atoms with Crippen LogP contribution in [0.2, 0.25) is 5.02 Å². The van der Waals surface area contributed by atoms with Gasteiger partial charge in [-0.05, 0) is 31.4 Å². The van der Waals surface area contributed by atoms with Crippen LogP contribution in [0.1, 0.15) is 48.6 Å². The van der Waals surface area contributed by atoms with E-state index >= 15 is 0 Å². The molecule has 22 heavy (non-hydrogen) atoms. The third-order valence-electron chi connectivity index (χ3n) is 4.04. The van der Waals surface area contributed by atoms with Crippen LogP contribution in [0, 0.1) is 6.92 Å². The summed E-state index contributed by atoms with van der Waals surface area (Å²) in [6.45, 7) is 1.91. The molecule has 0 aromatic carbocycles. The van der Waals surface area contributed by atoms with Gasteiger partial charge in [-0.3, -0.25) is 14.9 Å². The molecule has 2 aromatic heterocycles. The first-order chi connectivity index (χ1) is 10.6. The van der Waals surface area contributed by atoms with Gasteiger partial charge in [-0.1, -0.05) is 24.4 Å². The number of rotatable bonds is 4. The molecule has 1 saturated carbocycles. The van der Waals surface area contributed by atoms with Gasteiger partial charge in [0.2, 0.25) is 5.91 Å². The van der Waals surface area contributed by atoms with Crippen molar-refractivity contribution >= 4 is 23.3 Å². The molecule has 0 aliphatic heterocycles. The Bertz CT molecular complexity index is 677. The molecule has 1 aliphatic carbocycles. The van der Waals surface area contributed by atoms with Crippen LogP contribution in [0.15, 0.2) is 18.3 Å². The minimum absolute atomic E-state index is 0.144. The van der Waals surface area contributed by atoms with E-state index in [1.165, 1.54) is 25.7 Å². The van der Waals surface area contributed by atoms with Gasteiger partial charge in [0.15, 0.2) is 5.82 Å². The lowest BCUT2D eigenvalue weighted by molar-refractivity contribution is -0.115. The second kappa shape index (κ2) is 6.48. The van der Waals surface area contributed by atoms with Gasteiger partial charge < -0.3 is 5.32 Å². The normalized spacial score (nSPS) is 15.2. The van der Waals surface area contributed by atoms with Crippen molar-refractivity contribution < 1.29 is 4.79 Å². The van der Waals surface area contributed by atoms with Gasteiger partial charge in [0, 0.05) is 23.9 Å². The Morgan fingerprint density at radius 3 is 2.91 bits per heavy atom. The summed E-state index contributed by atoms with van der Waals surface area (Å²) in [5, 5.41) is 10.5. The lowest BCUT2D eigenvalue weighted by Crippen LogP contribution is -2.15. The van der Waals surface area contributed by atoms with Crippen molar-refractivity contribution in [1.29, 1.82) is 0 Å². The quantitative estimate of drug-likeness (QED) is 0.904. The predicted octanol–water partition coefficient (Wildman–Crippen LogP) is 3.61. The van der Waals surface area contributed by atoms with Gasteiger partial charge in [0.25, 0.3) is 0 Å². The first-order valence-corrected chi connectivity index (χ1v) is 7.96. The summed E-state index contributed by atoms with van der Waals surface area (Å²) in [5.74, 6) is 0.948. The van der Waals surface area contributed by atoms with Gasteiger partial charge in [0.1, 0.15) is 0 Å². The summed E-state index contributed by atoms with van der Waals surface area (Å²) >= 11 is 6.10. The second-order valence-electron chi connectivity index (χ2n) is 5.86. The highest BCUT2D eigenvalue weighted by molar-refractivity contribution is 6.31. The number of carbonyl (C=O) groups is 1. The predicted molar refractivity (Wildman–Crippen MR) is 86.1 cm³/mol. The first kappa shape index (κ1) is 15.0. The molecular weight excluding hydrogens is 300 g/mol. The van der Waals surface area contributed by atoms with Crippen LogP contribution in [-0.4, -0.2) is 21.1 Å². The number of halogens is 1. The van der Waals surface area contributed by atoms with Crippen LogP contribution >= 0.6 is 11.6 Å². The van der Waals surface area contributed by atoms with Crippen LogP contribution in [0.5, 0.6) is 0 Å². The minimum Gasteiger partial charge on any atom is -0.309 e. The zero-order chi connectivity index (χ0) is 15.5. The molecule has 0 bridgehead atoms. The molecule has 1 fully saturated rings. The summed E-state index contributed by atoms with van der Waals surface area (Å²) in [6, 6.07) is 3.74. The van der Waals surface area contributed by atoms with E-state index in [4.69, 9.17) is 11.6 Å². The molecular formula is C16H19ClN4O. The number of pyridine rings is 1. The molecule has 3 rings (SSSR count). The number of nitrogens with one attached hydrogen (secondary N) is 2. The minimum atomic E-state index is -0.164. The van der Waals surface area contributed by atoms with E-state index in [0.717, 1.165) is 11.3 Å². The lowest BCUT2D eigenvalue weighted by atomic mass is 10.0. The fourth-order valence-electron chi connectivity index (χ4n) is 2.88. The number of amides is 1. The number of aromatic amines is 1. The molecule has 1 aliphatic rings. The molecule has 0 atom stereocenters. The van der Waals surface area contributed by atoms with Crippen molar-refractivity contribution in [2.45, 2.75) is 44.9 Å². The average Bonchev–Trinajstić information content (AvgIpc) is 3.12. The second-order valence-corrected chi connectivity index (χ2v) is 6.26. The van der Waals surface area contributed by atoms with Crippen molar-refractivity contribution in [3.63, 3.8) is 0 Å². The lowest BCUT2D eigenvalue weighted by Gasteiger charge is -2.05. The maximum atomic E-state index is 12.1. The van der Waals surface area contributed by atoms with Crippen molar-refractivity contribution in [3.05, 3.63) is 40.3 Å². The number of hydrogen-bond donors (Lipinski definition) is 2. The van der Waals surface area contributed by atoms with Crippen molar-refractivity contribution in [2.24, 2.45) is 0 Å². The Balaban J connectivity index is 1.61. The molecule has 0 spiro atoms. The van der Waals surface area contributed by atoms with Crippen molar-refractivity contribution in [1.82, 2.24) is 15.2 Å². The fraction of sp³-hybridized carbons (Fsp3) is 0.438. The van der Waals surface area contributed by atoms with Crippen LogP contribution in [0.4, 0.5) is 5.82 Å². The maximum absolute atomic E-state index is 12.1. The zero-order valence-electron chi connectivity index (χ0n) is 12.5. The van der Waals surface area contributed by atoms with E-state index in [2.05, 4.69) is 20.5 Å². The molecule has 5 nitrogen and oxygen atoms in total. The zero-order valence-corrected chi connectivity index (χ0v) is 13.3. The first-order valence-electron chi connectivity index (χ1n) is 7.58. The number of aromatic nitrogens is 3. The van der Waals surface area contributed by atoms with Gasteiger partial charge in [-0.2, -0.15) is 5.10 Å². The van der Waals surface area contributed by atoms with E-state index in [-0.39, 0.29) is 12.3 Å². The molecule has 0 radical (unpaired) electrons. The molecule has 0 unspecified atom stereocenters. The standard InChI is InChI=1S/C16H19ClN4O/c1-10-6-12(17)14(18-9-10)8-16(22)19-15-7-13(20-21-15)11-4-2-3-5-11/h6-7,9,11H,2-5,8H2,1H3,(H2,19,20,21,22). The number of H-pyrrole nitrogens is 1. The molecule has 2 aromatic rings. The Morgan fingerprint density at radius 2 is 2.18 bits per heavy atom. The number of nitrogens with zero attached hydrogens (tertiary/aromatic N) is 2. The largest absolute Gasteiger partial charge is 0.309 e. The fourth-order valence-corrected chi connectivity index (χ4v) is 3.17. The Labute approximate surface area is 134 Å². The van der Waals surface area contributed by atoms with Crippen LogP contribution < -0.4 is 5.32 Å². The van der Waals surface area contributed by atoms with Crippen LogP contribution in [0.25, 0.3) is 0 Å². The van der Waals surface area contributed by atoms with Gasteiger partial charge in [-0.15, -0.1) is 0 Å². The van der Waals surface area contributed by atoms with Gasteiger partial charge in [0.05, 0.1) is 17.1 Å². The van der Waals surface area contributed by atoms with Crippen molar-refractivity contribution in [3.8, 4) is 0 Å². The van der Waals surface area contributed by atoms with Gasteiger partial charge >= 0.3 is 0 Å². The Hall–Kier alpha value is -1.88. The summed E-state index contributed by atoms with van der Waals surface area (Å²) in [7, 11) is 0. The smallest absolute Gasteiger partial charge is 0.231 e. The molecule has 116 valence electrons. The Morgan fingerprint density at radius 1 is 1.41 bits per heavy atom. The van der Waals surface area contributed by atoms with Crippen molar-refractivity contribution in [2.75, 3.05) is 5.32 Å². The summed E-state index contributed by atoms with van der Waals surface area (Å²) < 4.78 is 0. The van der Waals surface area contributed by atoms with E-state index < -0.39 is 0 Å². The van der Waals surface area contributed by atoms with Gasteiger partial charge in [-0.25, -0.2) is 0 Å². The Kier molecular flexibility index (Phi) is 4.43. The average molecular weight is 319 g/mol. The maximum Gasteiger partial charge on any atom is 0.231 e. The number of hydrogen-bond acceptors (Lipinski definition) is 3. The van der Waals surface area contributed by atoms with Crippen LogP contribution in [-0.2, 0) is 11.2 Å². The number of carbonyl (C=O) groups excluding carboxylic acids is 1. The third kappa shape index (κ3) is 3.47.